The number of nitro groups is 1. The molecule has 2 aromatic rings. The van der Waals surface area contributed by atoms with E-state index in [1.807, 2.05) is 6.07 Å². The Balaban J connectivity index is 2.19. The quantitative estimate of drug-likeness (QED) is 0.424. The molecule has 0 aliphatic heterocycles. The molecular weight excluding hydrogens is 337 g/mol. The highest BCUT2D eigenvalue weighted by molar-refractivity contribution is 6.32. The van der Waals surface area contributed by atoms with Crippen LogP contribution in [0.2, 0.25) is 10.0 Å². The molecule has 0 aliphatic rings. The van der Waals surface area contributed by atoms with Crippen LogP contribution < -0.4 is 4.74 Å². The third-order valence-corrected chi connectivity index (χ3v) is 3.75. The molecule has 21 heavy (non-hydrogen) atoms. The van der Waals surface area contributed by atoms with Gasteiger partial charge in [0.05, 0.1) is 20.8 Å². The molecule has 7 heteroatoms. The van der Waals surface area contributed by atoms with E-state index in [1.54, 1.807) is 18.2 Å². The van der Waals surface area contributed by atoms with Gasteiger partial charge in [-0.05, 0) is 12.1 Å². The first-order chi connectivity index (χ1) is 10.0. The van der Waals surface area contributed by atoms with Crippen molar-refractivity contribution in [2.75, 3.05) is 0 Å². The van der Waals surface area contributed by atoms with E-state index < -0.39 is 4.92 Å². The smallest absolute Gasteiger partial charge is 0.270 e. The minimum absolute atomic E-state index is 0.0667. The maximum Gasteiger partial charge on any atom is 0.270 e. The fraction of sp³-hybridized carbons (Fsp3) is 0.143. The molecule has 0 spiro atoms. The molecule has 0 atom stereocenters. The fourth-order valence-electron chi connectivity index (χ4n) is 1.74. The first kappa shape index (κ1) is 15.9. The van der Waals surface area contributed by atoms with Crippen molar-refractivity contribution >= 4 is 40.5 Å². The lowest BCUT2D eigenvalue weighted by Gasteiger charge is -2.12. The topological polar surface area (TPSA) is 52.4 Å². The molecule has 2 rings (SSSR count). The number of nitro benzene ring substituents is 1. The molecule has 0 aliphatic carbocycles. The monoisotopic (exact) mass is 345 g/mol. The first-order valence-corrected chi connectivity index (χ1v) is 7.21. The summed E-state index contributed by atoms with van der Waals surface area (Å²) >= 11 is 17.9. The molecule has 2 aromatic carbocycles. The van der Waals surface area contributed by atoms with Crippen molar-refractivity contribution in [1.82, 2.24) is 0 Å². The Kier molecular flexibility index (Phi) is 5.28. The van der Waals surface area contributed by atoms with E-state index in [-0.39, 0.29) is 23.2 Å². The normalized spacial score (nSPS) is 10.4. The van der Waals surface area contributed by atoms with Crippen molar-refractivity contribution in [3.05, 3.63) is 67.7 Å². The second-order valence-corrected chi connectivity index (χ2v) is 5.26. The second kappa shape index (κ2) is 6.98. The second-order valence-electron chi connectivity index (χ2n) is 4.18. The van der Waals surface area contributed by atoms with E-state index in [9.17, 15) is 10.1 Å². The predicted octanol–water partition coefficient (Wildman–Crippen LogP) is 5.22. The molecule has 0 N–H and O–H groups in total. The number of para-hydroxylation sites is 1. The van der Waals surface area contributed by atoms with Gasteiger partial charge in [-0.1, -0.05) is 35.3 Å². The van der Waals surface area contributed by atoms with Crippen LogP contribution >= 0.6 is 34.8 Å². The third kappa shape index (κ3) is 3.79. The summed E-state index contributed by atoms with van der Waals surface area (Å²) < 4.78 is 5.66. The van der Waals surface area contributed by atoms with Crippen LogP contribution in [-0.2, 0) is 12.5 Å². The minimum atomic E-state index is -0.504. The molecule has 0 bridgehead atoms. The largest absolute Gasteiger partial charge is 0.487 e. The van der Waals surface area contributed by atoms with Crippen molar-refractivity contribution < 1.29 is 9.66 Å². The van der Waals surface area contributed by atoms with Gasteiger partial charge in [0.1, 0.15) is 12.4 Å². The predicted molar refractivity (Wildman–Crippen MR) is 83.4 cm³/mol. The number of hydrogen-bond acceptors (Lipinski definition) is 3. The number of rotatable bonds is 5. The zero-order valence-corrected chi connectivity index (χ0v) is 13.0. The van der Waals surface area contributed by atoms with E-state index in [0.717, 1.165) is 5.56 Å². The number of halogens is 3. The van der Waals surface area contributed by atoms with Gasteiger partial charge < -0.3 is 4.74 Å². The Morgan fingerprint density at radius 2 is 1.86 bits per heavy atom. The van der Waals surface area contributed by atoms with Gasteiger partial charge >= 0.3 is 0 Å². The Morgan fingerprint density at radius 1 is 1.10 bits per heavy atom. The van der Waals surface area contributed by atoms with Crippen molar-refractivity contribution in [3.63, 3.8) is 0 Å². The van der Waals surface area contributed by atoms with Gasteiger partial charge in [-0.3, -0.25) is 10.1 Å². The van der Waals surface area contributed by atoms with Crippen molar-refractivity contribution in [3.8, 4) is 5.75 Å². The van der Waals surface area contributed by atoms with Crippen molar-refractivity contribution in [2.24, 2.45) is 0 Å². The molecule has 0 fully saturated rings. The summed E-state index contributed by atoms with van der Waals surface area (Å²) in [5.74, 6) is 0.757. The first-order valence-electron chi connectivity index (χ1n) is 5.92. The van der Waals surface area contributed by atoms with E-state index in [2.05, 4.69) is 0 Å². The Labute approximate surface area is 136 Å². The number of alkyl halides is 1. The summed E-state index contributed by atoms with van der Waals surface area (Å²) in [5, 5.41) is 11.4. The van der Waals surface area contributed by atoms with Crippen molar-refractivity contribution in [1.29, 1.82) is 0 Å². The average molecular weight is 347 g/mol. The van der Waals surface area contributed by atoms with Gasteiger partial charge in [0.2, 0.25) is 0 Å². The maximum absolute atomic E-state index is 10.7. The Morgan fingerprint density at radius 3 is 2.48 bits per heavy atom. The average Bonchev–Trinajstić information content (AvgIpc) is 2.46. The van der Waals surface area contributed by atoms with Gasteiger partial charge in [-0.2, -0.15) is 0 Å². The van der Waals surface area contributed by atoms with E-state index in [4.69, 9.17) is 39.5 Å². The summed E-state index contributed by atoms with van der Waals surface area (Å²) in [7, 11) is 0. The molecular formula is C14H10Cl3NO3. The van der Waals surface area contributed by atoms with Crippen LogP contribution in [0.25, 0.3) is 0 Å². The standard InChI is InChI=1S/C14H10Cl3NO3/c15-7-9-2-1-3-12(16)14(9)21-8-10-4-5-11(18(19)20)6-13(10)17/h1-6H,7-8H2. The number of nitrogens with zero attached hydrogens (tertiary/aromatic N) is 1. The summed E-state index contributed by atoms with van der Waals surface area (Å²) in [6.45, 7) is 0.143. The molecule has 0 saturated heterocycles. The summed E-state index contributed by atoms with van der Waals surface area (Å²) in [4.78, 5) is 10.2. The zero-order valence-electron chi connectivity index (χ0n) is 10.7. The lowest BCUT2D eigenvalue weighted by molar-refractivity contribution is -0.384. The van der Waals surface area contributed by atoms with Gasteiger partial charge in [-0.15, -0.1) is 11.6 Å². The van der Waals surface area contributed by atoms with Crippen LogP contribution in [0, 0.1) is 10.1 Å². The van der Waals surface area contributed by atoms with Gasteiger partial charge in [0, 0.05) is 23.3 Å². The highest BCUT2D eigenvalue weighted by atomic mass is 35.5. The molecule has 4 nitrogen and oxygen atoms in total. The Bertz CT molecular complexity index is 677. The van der Waals surface area contributed by atoms with Crippen LogP contribution in [0.4, 0.5) is 5.69 Å². The molecule has 0 saturated carbocycles. The van der Waals surface area contributed by atoms with E-state index >= 15 is 0 Å². The van der Waals surface area contributed by atoms with Crippen molar-refractivity contribution in [2.45, 2.75) is 12.5 Å². The molecule has 0 aromatic heterocycles. The lowest BCUT2D eigenvalue weighted by atomic mass is 10.2. The maximum atomic E-state index is 10.7. The number of benzene rings is 2. The van der Waals surface area contributed by atoms with Gasteiger partial charge in [-0.25, -0.2) is 0 Å². The fourth-order valence-corrected chi connectivity index (χ4v) is 2.43. The highest BCUT2D eigenvalue weighted by Crippen LogP contribution is 2.31. The van der Waals surface area contributed by atoms with Crippen LogP contribution in [0.1, 0.15) is 11.1 Å². The summed E-state index contributed by atoms with van der Waals surface area (Å²) in [6.07, 6.45) is 0. The molecule has 0 unspecified atom stereocenters. The van der Waals surface area contributed by atoms with E-state index in [1.165, 1.54) is 12.1 Å². The molecule has 0 amide bonds. The molecule has 0 heterocycles. The molecule has 0 radical (unpaired) electrons. The third-order valence-electron chi connectivity index (χ3n) is 2.81. The Hall–Kier alpha value is -1.49. The van der Waals surface area contributed by atoms with E-state index in [0.29, 0.717) is 16.3 Å². The SMILES string of the molecule is O=[N+]([O-])c1ccc(COc2c(Cl)cccc2CCl)c(Cl)c1. The highest BCUT2D eigenvalue weighted by Gasteiger charge is 2.12. The summed E-state index contributed by atoms with van der Waals surface area (Å²) in [6, 6.07) is 9.51. The lowest BCUT2D eigenvalue weighted by Crippen LogP contribution is -2.00. The number of non-ortho nitro benzene ring substituents is 1. The number of ether oxygens (including phenoxy) is 1. The molecule has 110 valence electrons. The van der Waals surface area contributed by atoms with Gasteiger partial charge in [0.25, 0.3) is 5.69 Å². The van der Waals surface area contributed by atoms with Crippen LogP contribution in [0.3, 0.4) is 0 Å². The van der Waals surface area contributed by atoms with Crippen LogP contribution in [0.5, 0.6) is 5.75 Å². The van der Waals surface area contributed by atoms with Crippen LogP contribution in [0.15, 0.2) is 36.4 Å². The minimum Gasteiger partial charge on any atom is -0.487 e. The van der Waals surface area contributed by atoms with Gasteiger partial charge in [0.15, 0.2) is 0 Å². The van der Waals surface area contributed by atoms with Crippen LogP contribution in [-0.4, -0.2) is 4.92 Å². The zero-order chi connectivity index (χ0) is 15.4. The number of hydrogen-bond donors (Lipinski definition) is 0. The summed E-state index contributed by atoms with van der Waals surface area (Å²) in [5.41, 5.74) is 1.33.